The molecule has 2 nitrogen and oxygen atoms in total. The first-order valence-electron chi connectivity index (χ1n) is 3.93. The van der Waals surface area contributed by atoms with Gasteiger partial charge in [0.1, 0.15) is 0 Å². The summed E-state index contributed by atoms with van der Waals surface area (Å²) < 4.78 is 0.825. The molecule has 1 rings (SSSR count). The number of halogens is 3. The van der Waals surface area contributed by atoms with Gasteiger partial charge in [-0.15, -0.1) is 11.6 Å². The molecule has 0 spiro atoms. The van der Waals surface area contributed by atoms with E-state index in [1.807, 2.05) is 0 Å². The van der Waals surface area contributed by atoms with Crippen molar-refractivity contribution in [2.45, 2.75) is 6.42 Å². The first-order chi connectivity index (χ1) is 6.61. The van der Waals surface area contributed by atoms with E-state index in [2.05, 4.69) is 21.2 Å². The van der Waals surface area contributed by atoms with Crippen molar-refractivity contribution >= 4 is 50.7 Å². The fourth-order valence-corrected chi connectivity index (χ4v) is 1.97. The molecule has 1 amide bonds. The molecule has 76 valence electrons. The van der Waals surface area contributed by atoms with E-state index in [1.54, 1.807) is 18.2 Å². The van der Waals surface area contributed by atoms with Crippen LogP contribution in [0, 0.1) is 0 Å². The molecule has 0 aromatic heterocycles. The van der Waals surface area contributed by atoms with Crippen molar-refractivity contribution in [1.29, 1.82) is 0 Å². The minimum Gasteiger partial charge on any atom is -0.326 e. The maximum absolute atomic E-state index is 11.2. The average molecular weight is 297 g/mol. The van der Waals surface area contributed by atoms with Crippen molar-refractivity contribution in [3.05, 3.63) is 27.7 Å². The highest BCUT2D eigenvalue weighted by Gasteiger charge is 2.02. The molecule has 0 unspecified atom stereocenters. The largest absolute Gasteiger partial charge is 0.326 e. The van der Waals surface area contributed by atoms with Crippen LogP contribution in [0.5, 0.6) is 0 Å². The molecule has 1 N–H and O–H groups in total. The molecule has 0 fully saturated rings. The Labute approximate surface area is 101 Å². The van der Waals surface area contributed by atoms with E-state index in [1.165, 1.54) is 0 Å². The van der Waals surface area contributed by atoms with Crippen LogP contribution in [0.15, 0.2) is 22.7 Å². The monoisotopic (exact) mass is 295 g/mol. The second-order valence-corrected chi connectivity index (χ2v) is 4.38. The Hall–Kier alpha value is -0.250. The van der Waals surface area contributed by atoms with Gasteiger partial charge in [-0.3, -0.25) is 4.79 Å². The predicted octanol–water partition coefficient (Wildman–Crippen LogP) is 3.67. The summed E-state index contributed by atoms with van der Waals surface area (Å²) >= 11 is 14.5. The summed E-state index contributed by atoms with van der Waals surface area (Å²) in [4.78, 5) is 11.2. The zero-order valence-corrected chi connectivity index (χ0v) is 10.3. The molecule has 5 heteroatoms. The van der Waals surface area contributed by atoms with E-state index >= 15 is 0 Å². The van der Waals surface area contributed by atoms with Gasteiger partial charge in [0, 0.05) is 27.5 Å². The number of alkyl halides is 1. The van der Waals surface area contributed by atoms with Gasteiger partial charge in [-0.1, -0.05) is 27.5 Å². The third-order valence-electron chi connectivity index (χ3n) is 1.47. The Morgan fingerprint density at radius 2 is 2.14 bits per heavy atom. The molecule has 0 saturated carbocycles. The van der Waals surface area contributed by atoms with Gasteiger partial charge in [0.25, 0.3) is 0 Å². The lowest BCUT2D eigenvalue weighted by Crippen LogP contribution is -2.11. The Morgan fingerprint density at radius 3 is 2.71 bits per heavy atom. The van der Waals surface area contributed by atoms with Crippen LogP contribution in [-0.2, 0) is 4.79 Å². The maximum atomic E-state index is 11.2. The summed E-state index contributed by atoms with van der Waals surface area (Å²) in [5.41, 5.74) is 0.666. The van der Waals surface area contributed by atoms with Gasteiger partial charge in [0.05, 0.1) is 0 Å². The SMILES string of the molecule is O=C(CCCl)Nc1cc(Cl)cc(Br)c1. The van der Waals surface area contributed by atoms with Gasteiger partial charge in [0.2, 0.25) is 5.91 Å². The van der Waals surface area contributed by atoms with Gasteiger partial charge >= 0.3 is 0 Å². The van der Waals surface area contributed by atoms with E-state index in [0.717, 1.165) is 4.47 Å². The van der Waals surface area contributed by atoms with E-state index in [-0.39, 0.29) is 5.91 Å². The number of hydrogen-bond acceptors (Lipinski definition) is 1. The molecule has 0 saturated heterocycles. The van der Waals surface area contributed by atoms with Crippen molar-refractivity contribution < 1.29 is 4.79 Å². The summed E-state index contributed by atoms with van der Waals surface area (Å²) in [7, 11) is 0. The van der Waals surface area contributed by atoms with Crippen molar-refractivity contribution in [1.82, 2.24) is 0 Å². The standard InChI is InChI=1S/C9H8BrCl2NO/c10-6-3-7(12)5-8(4-6)13-9(14)1-2-11/h3-5H,1-2H2,(H,13,14). The van der Waals surface area contributed by atoms with Crippen LogP contribution in [0.2, 0.25) is 5.02 Å². The normalized spacial score (nSPS) is 9.93. The highest BCUT2D eigenvalue weighted by Crippen LogP contribution is 2.22. The van der Waals surface area contributed by atoms with Crippen LogP contribution in [0.4, 0.5) is 5.69 Å². The molecule has 0 aliphatic carbocycles. The zero-order chi connectivity index (χ0) is 10.6. The molecule has 0 bridgehead atoms. The number of nitrogens with one attached hydrogen (secondary N) is 1. The van der Waals surface area contributed by atoms with E-state index in [4.69, 9.17) is 23.2 Å². The van der Waals surface area contributed by atoms with Crippen molar-refractivity contribution in [3.63, 3.8) is 0 Å². The van der Waals surface area contributed by atoms with Gasteiger partial charge in [-0.2, -0.15) is 0 Å². The fraction of sp³-hybridized carbons (Fsp3) is 0.222. The number of carbonyl (C=O) groups is 1. The number of carbonyl (C=O) groups excluding carboxylic acids is 1. The molecule has 0 aliphatic rings. The van der Waals surface area contributed by atoms with Crippen LogP contribution < -0.4 is 5.32 Å². The third-order valence-corrected chi connectivity index (χ3v) is 2.33. The Balaban J connectivity index is 2.71. The van der Waals surface area contributed by atoms with Crippen LogP contribution in [0.3, 0.4) is 0 Å². The van der Waals surface area contributed by atoms with E-state index in [9.17, 15) is 4.79 Å². The Bertz CT molecular complexity index is 323. The summed E-state index contributed by atoms with van der Waals surface area (Å²) in [6.45, 7) is 0. The number of benzene rings is 1. The zero-order valence-electron chi connectivity index (χ0n) is 7.19. The summed E-state index contributed by atoms with van der Waals surface area (Å²) in [6.07, 6.45) is 0.297. The molecule has 14 heavy (non-hydrogen) atoms. The number of anilines is 1. The van der Waals surface area contributed by atoms with E-state index < -0.39 is 0 Å². The number of hydrogen-bond donors (Lipinski definition) is 1. The summed E-state index contributed by atoms with van der Waals surface area (Å²) in [6, 6.07) is 5.20. The van der Waals surface area contributed by atoms with Crippen molar-refractivity contribution in [3.8, 4) is 0 Å². The van der Waals surface area contributed by atoms with Gasteiger partial charge in [-0.25, -0.2) is 0 Å². The highest BCUT2D eigenvalue weighted by atomic mass is 79.9. The van der Waals surface area contributed by atoms with Crippen molar-refractivity contribution in [2.24, 2.45) is 0 Å². The first-order valence-corrected chi connectivity index (χ1v) is 5.64. The van der Waals surface area contributed by atoms with Crippen LogP contribution >= 0.6 is 39.1 Å². The lowest BCUT2D eigenvalue weighted by Gasteiger charge is -2.04. The Morgan fingerprint density at radius 1 is 1.43 bits per heavy atom. The quantitative estimate of drug-likeness (QED) is 0.847. The van der Waals surface area contributed by atoms with Gasteiger partial charge < -0.3 is 5.32 Å². The molecular weight excluding hydrogens is 289 g/mol. The van der Waals surface area contributed by atoms with Crippen LogP contribution in [0.1, 0.15) is 6.42 Å². The second-order valence-electron chi connectivity index (χ2n) is 2.65. The molecule has 1 aromatic rings. The van der Waals surface area contributed by atoms with Gasteiger partial charge in [0.15, 0.2) is 0 Å². The van der Waals surface area contributed by atoms with Crippen LogP contribution in [0.25, 0.3) is 0 Å². The minimum absolute atomic E-state index is 0.117. The maximum Gasteiger partial charge on any atom is 0.225 e. The third kappa shape index (κ3) is 3.86. The lowest BCUT2D eigenvalue weighted by molar-refractivity contribution is -0.115. The molecule has 0 heterocycles. The number of amides is 1. The summed E-state index contributed by atoms with van der Waals surface area (Å²) in [5, 5.41) is 3.26. The minimum atomic E-state index is -0.117. The highest BCUT2D eigenvalue weighted by molar-refractivity contribution is 9.10. The van der Waals surface area contributed by atoms with Crippen molar-refractivity contribution in [2.75, 3.05) is 11.2 Å². The van der Waals surface area contributed by atoms with Gasteiger partial charge in [-0.05, 0) is 18.2 Å². The molecular formula is C9H8BrCl2NO. The Kier molecular flexibility index (Phi) is 4.72. The van der Waals surface area contributed by atoms with Crippen LogP contribution in [-0.4, -0.2) is 11.8 Å². The van der Waals surface area contributed by atoms with E-state index in [0.29, 0.717) is 23.0 Å². The molecule has 0 atom stereocenters. The smallest absolute Gasteiger partial charge is 0.225 e. The summed E-state index contributed by atoms with van der Waals surface area (Å²) in [5.74, 6) is 0.197. The topological polar surface area (TPSA) is 29.1 Å². The molecule has 0 aliphatic heterocycles. The lowest BCUT2D eigenvalue weighted by atomic mass is 10.3. The fourth-order valence-electron chi connectivity index (χ4n) is 0.935. The molecule has 0 radical (unpaired) electrons. The first kappa shape index (κ1) is 11.8. The number of rotatable bonds is 3. The second kappa shape index (κ2) is 5.59. The predicted molar refractivity (Wildman–Crippen MR) is 63.1 cm³/mol. The average Bonchev–Trinajstić information content (AvgIpc) is 2.01. The molecule has 1 aromatic carbocycles.